The molecule has 4 heteroatoms. The summed E-state index contributed by atoms with van der Waals surface area (Å²) in [6.07, 6.45) is -0.00507. The summed E-state index contributed by atoms with van der Waals surface area (Å²) in [4.78, 5) is 12.6. The third-order valence-electron chi connectivity index (χ3n) is 4.02. The minimum absolute atomic E-state index is 0.0815. The van der Waals surface area contributed by atoms with Gasteiger partial charge in [-0.2, -0.15) is 0 Å². The van der Waals surface area contributed by atoms with Crippen LogP contribution in [0.15, 0.2) is 42.5 Å². The number of carbonyl (C=O) groups excluding carboxylic acids is 1. The summed E-state index contributed by atoms with van der Waals surface area (Å²) in [6, 6.07) is 13.3. The summed E-state index contributed by atoms with van der Waals surface area (Å²) in [5, 5.41) is 3.55. The van der Waals surface area contributed by atoms with E-state index in [1.54, 1.807) is 12.1 Å². The van der Waals surface area contributed by atoms with Gasteiger partial charge in [0, 0.05) is 0 Å². The number of halogens is 1. The Labute approximate surface area is 149 Å². The van der Waals surface area contributed by atoms with Crippen molar-refractivity contribution < 1.29 is 9.53 Å². The molecule has 3 nitrogen and oxygen atoms in total. The Morgan fingerprint density at radius 2 is 1.92 bits per heavy atom. The lowest BCUT2D eigenvalue weighted by molar-refractivity contribution is -0.128. The van der Waals surface area contributed by atoms with Crippen molar-refractivity contribution >= 4 is 17.5 Å². The van der Waals surface area contributed by atoms with Gasteiger partial charge in [-0.05, 0) is 50.5 Å². The van der Waals surface area contributed by atoms with Gasteiger partial charge in [-0.1, -0.05) is 54.4 Å². The second-order valence-electron chi connectivity index (χ2n) is 6.04. The van der Waals surface area contributed by atoms with Crippen LogP contribution in [0.25, 0.3) is 0 Å². The van der Waals surface area contributed by atoms with Gasteiger partial charge in [0.2, 0.25) is 0 Å². The molecule has 2 atom stereocenters. The molecule has 0 aromatic heterocycles. The number of nitrogens with one attached hydrogen (secondary N) is 1. The van der Waals surface area contributed by atoms with Crippen LogP contribution >= 0.6 is 11.6 Å². The Morgan fingerprint density at radius 3 is 2.54 bits per heavy atom. The number of amides is 1. The lowest BCUT2D eigenvalue weighted by atomic mass is 10.00. The molecule has 0 aliphatic rings. The van der Waals surface area contributed by atoms with Crippen LogP contribution in [-0.4, -0.2) is 12.0 Å². The summed E-state index contributed by atoms with van der Waals surface area (Å²) >= 11 is 6.11. The average molecular weight is 346 g/mol. The molecule has 1 N–H and O–H groups in total. The van der Waals surface area contributed by atoms with Crippen LogP contribution in [0, 0.1) is 13.8 Å². The van der Waals surface area contributed by atoms with E-state index in [0.717, 1.165) is 5.56 Å². The van der Waals surface area contributed by atoms with Crippen molar-refractivity contribution in [2.45, 2.75) is 46.3 Å². The lowest BCUT2D eigenvalue weighted by Crippen LogP contribution is -2.39. The molecule has 0 fully saturated rings. The van der Waals surface area contributed by atoms with E-state index in [2.05, 4.69) is 37.4 Å². The number of hydrogen-bond donors (Lipinski definition) is 1. The fourth-order valence-corrected chi connectivity index (χ4v) is 2.89. The van der Waals surface area contributed by atoms with Gasteiger partial charge in [-0.15, -0.1) is 0 Å². The number of aryl methyl sites for hydroxylation is 2. The molecular formula is C20H24ClNO2. The van der Waals surface area contributed by atoms with Crippen LogP contribution in [0.5, 0.6) is 5.75 Å². The SMILES string of the molecule is CC[C@@H](Oc1ccccc1Cl)C(=O)N[C@H](C)c1ccc(C)cc1C. The highest BCUT2D eigenvalue weighted by Gasteiger charge is 2.22. The Kier molecular flexibility index (Phi) is 6.27. The Bertz CT molecular complexity index is 715. The van der Waals surface area contributed by atoms with Gasteiger partial charge >= 0.3 is 0 Å². The summed E-state index contributed by atoms with van der Waals surface area (Å²) in [7, 11) is 0. The molecule has 0 bridgehead atoms. The largest absolute Gasteiger partial charge is 0.479 e. The van der Waals surface area contributed by atoms with Gasteiger partial charge in [0.25, 0.3) is 5.91 Å². The van der Waals surface area contributed by atoms with Gasteiger partial charge in [0.15, 0.2) is 6.10 Å². The molecule has 0 saturated heterocycles. The molecule has 2 rings (SSSR count). The fraction of sp³-hybridized carbons (Fsp3) is 0.350. The van der Waals surface area contributed by atoms with E-state index in [1.165, 1.54) is 11.1 Å². The molecule has 2 aromatic carbocycles. The molecule has 2 aromatic rings. The summed E-state index contributed by atoms with van der Waals surface area (Å²) in [5.74, 6) is 0.394. The normalized spacial score (nSPS) is 13.2. The highest BCUT2D eigenvalue weighted by atomic mass is 35.5. The van der Waals surface area contributed by atoms with E-state index in [0.29, 0.717) is 17.2 Å². The highest BCUT2D eigenvalue weighted by Crippen LogP contribution is 2.25. The van der Waals surface area contributed by atoms with Gasteiger partial charge in [-0.3, -0.25) is 4.79 Å². The Balaban J connectivity index is 2.07. The zero-order valence-electron chi connectivity index (χ0n) is 14.6. The number of rotatable bonds is 6. The van der Waals surface area contributed by atoms with Crippen LogP contribution in [-0.2, 0) is 4.79 Å². The zero-order valence-corrected chi connectivity index (χ0v) is 15.4. The monoisotopic (exact) mass is 345 g/mol. The van der Waals surface area contributed by atoms with Crippen LogP contribution in [0.1, 0.15) is 43.0 Å². The number of hydrogen-bond acceptors (Lipinski definition) is 2. The minimum Gasteiger partial charge on any atom is -0.479 e. The van der Waals surface area contributed by atoms with Crippen molar-refractivity contribution in [3.05, 3.63) is 64.2 Å². The molecule has 1 amide bonds. The van der Waals surface area contributed by atoms with Crippen LogP contribution < -0.4 is 10.1 Å². The summed E-state index contributed by atoms with van der Waals surface area (Å²) in [5.41, 5.74) is 3.49. The summed E-state index contributed by atoms with van der Waals surface area (Å²) < 4.78 is 5.80. The Morgan fingerprint density at radius 1 is 1.21 bits per heavy atom. The van der Waals surface area contributed by atoms with E-state index < -0.39 is 6.10 Å². The van der Waals surface area contributed by atoms with E-state index in [1.807, 2.05) is 26.0 Å². The Hall–Kier alpha value is -2.00. The molecule has 128 valence electrons. The highest BCUT2D eigenvalue weighted by molar-refractivity contribution is 6.32. The number of carbonyl (C=O) groups is 1. The van der Waals surface area contributed by atoms with E-state index >= 15 is 0 Å². The number of para-hydroxylation sites is 1. The quantitative estimate of drug-likeness (QED) is 0.800. The van der Waals surface area contributed by atoms with Gasteiger partial charge in [0.05, 0.1) is 11.1 Å². The van der Waals surface area contributed by atoms with Crippen molar-refractivity contribution in [2.75, 3.05) is 0 Å². The first kappa shape index (κ1) is 18.3. The average Bonchev–Trinajstić information content (AvgIpc) is 2.53. The smallest absolute Gasteiger partial charge is 0.261 e. The topological polar surface area (TPSA) is 38.3 Å². The molecule has 0 saturated carbocycles. The van der Waals surface area contributed by atoms with Crippen LogP contribution in [0.3, 0.4) is 0 Å². The standard InChI is InChI=1S/C20H24ClNO2/c1-5-18(24-19-9-7-6-8-17(19)21)20(23)22-15(4)16-11-10-13(2)12-14(16)3/h6-12,15,18H,5H2,1-4H3,(H,22,23)/t15-,18-/m1/s1. The minimum atomic E-state index is -0.571. The number of benzene rings is 2. The van der Waals surface area contributed by atoms with Crippen molar-refractivity contribution in [1.82, 2.24) is 5.32 Å². The van der Waals surface area contributed by atoms with Crippen molar-refractivity contribution in [1.29, 1.82) is 0 Å². The van der Waals surface area contributed by atoms with Gasteiger partial charge < -0.3 is 10.1 Å². The zero-order chi connectivity index (χ0) is 17.7. The lowest BCUT2D eigenvalue weighted by Gasteiger charge is -2.22. The summed E-state index contributed by atoms with van der Waals surface area (Å²) in [6.45, 7) is 8.02. The first-order chi connectivity index (χ1) is 11.4. The van der Waals surface area contributed by atoms with Gasteiger partial charge in [0.1, 0.15) is 5.75 Å². The van der Waals surface area contributed by atoms with E-state index in [4.69, 9.17) is 16.3 Å². The van der Waals surface area contributed by atoms with Crippen molar-refractivity contribution in [2.24, 2.45) is 0 Å². The van der Waals surface area contributed by atoms with Gasteiger partial charge in [-0.25, -0.2) is 0 Å². The first-order valence-electron chi connectivity index (χ1n) is 8.21. The number of ether oxygens (including phenoxy) is 1. The molecule has 0 spiro atoms. The first-order valence-corrected chi connectivity index (χ1v) is 8.59. The predicted octanol–water partition coefficient (Wildman–Crippen LogP) is 4.99. The second kappa shape index (κ2) is 8.20. The fourth-order valence-electron chi connectivity index (χ4n) is 2.71. The third kappa shape index (κ3) is 4.51. The maximum absolute atomic E-state index is 12.6. The van der Waals surface area contributed by atoms with Crippen LogP contribution in [0.2, 0.25) is 5.02 Å². The molecule has 0 unspecified atom stereocenters. The van der Waals surface area contributed by atoms with E-state index in [9.17, 15) is 4.79 Å². The predicted molar refractivity (Wildman–Crippen MR) is 98.6 cm³/mol. The maximum atomic E-state index is 12.6. The van der Waals surface area contributed by atoms with E-state index in [-0.39, 0.29) is 11.9 Å². The molecule has 0 heterocycles. The molecule has 24 heavy (non-hydrogen) atoms. The maximum Gasteiger partial charge on any atom is 0.261 e. The molecule has 0 radical (unpaired) electrons. The molecule has 0 aliphatic heterocycles. The second-order valence-corrected chi connectivity index (χ2v) is 6.44. The van der Waals surface area contributed by atoms with Crippen molar-refractivity contribution in [3.63, 3.8) is 0 Å². The molecular weight excluding hydrogens is 322 g/mol. The van der Waals surface area contributed by atoms with Crippen LogP contribution in [0.4, 0.5) is 0 Å². The molecule has 0 aliphatic carbocycles. The van der Waals surface area contributed by atoms with Crippen molar-refractivity contribution in [3.8, 4) is 5.75 Å². The third-order valence-corrected chi connectivity index (χ3v) is 4.33.